The average Bonchev–Trinajstić information content (AvgIpc) is 3.23. The quantitative estimate of drug-likeness (QED) is 0.0322. The van der Waals surface area contributed by atoms with Crippen molar-refractivity contribution < 1.29 is 24.5 Å². The average molecular weight is 832 g/mol. The van der Waals surface area contributed by atoms with Gasteiger partial charge >= 0.3 is 5.97 Å². The summed E-state index contributed by atoms with van der Waals surface area (Å²) in [7, 11) is 0. The molecule has 6 heteroatoms. The number of hydrogen-bond donors (Lipinski definition) is 3. The maximum Gasteiger partial charge on any atom is 0.306 e. The molecule has 0 saturated heterocycles. The van der Waals surface area contributed by atoms with E-state index in [-0.39, 0.29) is 24.9 Å². The summed E-state index contributed by atoms with van der Waals surface area (Å²) in [4.78, 5) is 26.0. The second-order valence-corrected chi connectivity index (χ2v) is 17.9. The maximum absolute atomic E-state index is 13.1. The number of carbonyl (C=O) groups is 2. The second-order valence-electron chi connectivity index (χ2n) is 17.9. The Balaban J connectivity index is 4.36. The fourth-order valence-corrected chi connectivity index (χ4v) is 8.05. The molecular weight excluding hydrogens is 731 g/mol. The Morgan fingerprint density at radius 1 is 0.492 bits per heavy atom. The molecule has 0 aliphatic heterocycles. The Morgan fingerprint density at radius 3 is 1.32 bits per heavy atom. The fourth-order valence-electron chi connectivity index (χ4n) is 8.05. The van der Waals surface area contributed by atoms with E-state index in [0.717, 1.165) is 51.4 Å². The van der Waals surface area contributed by atoms with Crippen molar-refractivity contribution in [2.24, 2.45) is 0 Å². The van der Waals surface area contributed by atoms with Crippen LogP contribution in [0.2, 0.25) is 0 Å². The Kier molecular flexibility index (Phi) is 46.1. The van der Waals surface area contributed by atoms with Crippen molar-refractivity contribution in [3.05, 3.63) is 24.3 Å². The Labute approximate surface area is 367 Å². The van der Waals surface area contributed by atoms with E-state index in [0.29, 0.717) is 19.3 Å². The third kappa shape index (κ3) is 42.8. The minimum absolute atomic E-state index is 0.0804. The molecule has 0 aliphatic rings. The van der Waals surface area contributed by atoms with Crippen LogP contribution in [0.15, 0.2) is 24.3 Å². The molecule has 0 bridgehead atoms. The zero-order valence-corrected chi connectivity index (χ0v) is 39.7. The number of carbonyl (C=O) groups excluding carboxylic acids is 2. The largest absolute Gasteiger partial charge is 0.462 e. The first kappa shape index (κ1) is 57.3. The van der Waals surface area contributed by atoms with Gasteiger partial charge in [0.1, 0.15) is 6.10 Å². The van der Waals surface area contributed by atoms with Crippen molar-refractivity contribution in [2.75, 3.05) is 6.61 Å². The summed E-state index contributed by atoms with van der Waals surface area (Å²) >= 11 is 0. The van der Waals surface area contributed by atoms with Gasteiger partial charge in [0.2, 0.25) is 5.91 Å². The van der Waals surface area contributed by atoms with Crippen LogP contribution in [0.1, 0.15) is 278 Å². The van der Waals surface area contributed by atoms with Crippen LogP contribution >= 0.6 is 0 Å². The van der Waals surface area contributed by atoms with Gasteiger partial charge in [0.05, 0.1) is 25.2 Å². The zero-order chi connectivity index (χ0) is 43.1. The highest BCUT2D eigenvalue weighted by atomic mass is 16.5. The highest BCUT2D eigenvalue weighted by Gasteiger charge is 2.24. The zero-order valence-electron chi connectivity index (χ0n) is 39.7. The number of rotatable bonds is 47. The molecule has 0 radical (unpaired) electrons. The molecule has 348 valence electrons. The van der Waals surface area contributed by atoms with Gasteiger partial charge in [-0.2, -0.15) is 0 Å². The smallest absolute Gasteiger partial charge is 0.306 e. The molecule has 3 atom stereocenters. The molecule has 3 unspecified atom stereocenters. The molecular formula is C53H101NO5. The van der Waals surface area contributed by atoms with Gasteiger partial charge in [0.25, 0.3) is 0 Å². The normalized spacial score (nSPS) is 13.4. The third-order valence-corrected chi connectivity index (χ3v) is 12.0. The van der Waals surface area contributed by atoms with Gasteiger partial charge in [-0.3, -0.25) is 9.59 Å². The number of ether oxygens (including phenoxy) is 1. The van der Waals surface area contributed by atoms with Gasteiger partial charge in [-0.25, -0.2) is 0 Å². The third-order valence-electron chi connectivity index (χ3n) is 12.0. The first-order valence-electron chi connectivity index (χ1n) is 26.1. The van der Waals surface area contributed by atoms with E-state index < -0.39 is 18.2 Å². The number of nitrogens with one attached hydrogen (secondary N) is 1. The van der Waals surface area contributed by atoms with Crippen molar-refractivity contribution in [1.82, 2.24) is 5.32 Å². The van der Waals surface area contributed by atoms with Crippen LogP contribution in [0, 0.1) is 0 Å². The summed E-state index contributed by atoms with van der Waals surface area (Å²) in [5.41, 5.74) is 0. The van der Waals surface area contributed by atoms with Gasteiger partial charge in [0.15, 0.2) is 0 Å². The predicted molar refractivity (Wildman–Crippen MR) is 255 cm³/mol. The molecule has 59 heavy (non-hydrogen) atoms. The number of unbranched alkanes of at least 4 members (excludes halogenated alkanes) is 31. The topological polar surface area (TPSA) is 95.9 Å². The molecule has 0 spiro atoms. The van der Waals surface area contributed by atoms with E-state index in [9.17, 15) is 19.8 Å². The van der Waals surface area contributed by atoms with Crippen molar-refractivity contribution in [1.29, 1.82) is 0 Å². The summed E-state index contributed by atoms with van der Waals surface area (Å²) < 4.78 is 5.91. The number of amides is 1. The first-order valence-corrected chi connectivity index (χ1v) is 26.1. The molecule has 0 aromatic carbocycles. The number of allylic oxidation sites excluding steroid dienone is 4. The van der Waals surface area contributed by atoms with E-state index in [1.54, 1.807) is 0 Å². The minimum Gasteiger partial charge on any atom is -0.462 e. The minimum atomic E-state index is -0.782. The second kappa shape index (κ2) is 47.4. The lowest BCUT2D eigenvalue weighted by Gasteiger charge is -2.24. The van der Waals surface area contributed by atoms with Crippen LogP contribution in [0.25, 0.3) is 0 Å². The van der Waals surface area contributed by atoms with Gasteiger partial charge in [-0.1, -0.05) is 231 Å². The van der Waals surface area contributed by atoms with Crippen LogP contribution in [-0.2, 0) is 14.3 Å². The molecule has 0 aromatic heterocycles. The summed E-state index contributed by atoms with van der Waals surface area (Å²) in [6.45, 7) is 6.45. The van der Waals surface area contributed by atoms with Gasteiger partial charge < -0.3 is 20.3 Å². The lowest BCUT2D eigenvalue weighted by Crippen LogP contribution is -2.46. The highest BCUT2D eigenvalue weighted by Crippen LogP contribution is 2.18. The Bertz CT molecular complexity index is 935. The molecule has 0 heterocycles. The maximum atomic E-state index is 13.1. The van der Waals surface area contributed by atoms with Crippen LogP contribution < -0.4 is 5.32 Å². The molecule has 3 N–H and O–H groups in total. The summed E-state index contributed by atoms with van der Waals surface area (Å²) in [6, 6.07) is -0.696. The van der Waals surface area contributed by atoms with Gasteiger partial charge in [-0.15, -0.1) is 0 Å². The molecule has 1 amide bonds. The van der Waals surface area contributed by atoms with E-state index >= 15 is 0 Å². The Hall–Kier alpha value is -1.66. The van der Waals surface area contributed by atoms with Crippen molar-refractivity contribution in [2.45, 2.75) is 296 Å². The molecule has 0 saturated carbocycles. The van der Waals surface area contributed by atoms with Crippen LogP contribution in [0.4, 0.5) is 0 Å². The van der Waals surface area contributed by atoms with E-state index in [1.165, 1.54) is 180 Å². The van der Waals surface area contributed by atoms with Gasteiger partial charge in [0, 0.05) is 6.42 Å². The van der Waals surface area contributed by atoms with Crippen molar-refractivity contribution in [3.63, 3.8) is 0 Å². The number of aliphatic hydroxyl groups is 2. The molecule has 0 fully saturated rings. The fraction of sp³-hybridized carbons (Fsp3) is 0.887. The van der Waals surface area contributed by atoms with Crippen LogP contribution in [0.3, 0.4) is 0 Å². The summed E-state index contributed by atoms with van der Waals surface area (Å²) in [5.74, 6) is -0.469. The first-order chi connectivity index (χ1) is 29.0. The monoisotopic (exact) mass is 832 g/mol. The highest BCUT2D eigenvalue weighted by molar-refractivity contribution is 5.77. The number of aliphatic hydroxyl groups excluding tert-OH is 2. The summed E-state index contributed by atoms with van der Waals surface area (Å²) in [5, 5.41) is 23.7. The number of hydrogen-bond acceptors (Lipinski definition) is 5. The summed E-state index contributed by atoms with van der Waals surface area (Å²) in [6.07, 6.45) is 53.9. The van der Waals surface area contributed by atoms with Gasteiger partial charge in [-0.05, 0) is 57.8 Å². The molecule has 0 rings (SSSR count). The standard InChI is InChI=1S/C53H101NO5/c1-4-7-10-13-16-19-21-23-24-25-26-27-28-30-32-34-37-40-43-46-53(58)59-49(44-41-38-35-18-15-12-9-6-3)47-52(57)54-50(48-55)51(56)45-42-39-36-33-31-29-22-20-17-14-11-8-5-2/h16,19,23-24,49-51,55-56H,4-15,17-18,20-22,25-48H2,1-3H3,(H,54,57)/b19-16-,24-23-. The van der Waals surface area contributed by atoms with Crippen molar-refractivity contribution >= 4 is 11.9 Å². The van der Waals surface area contributed by atoms with E-state index in [4.69, 9.17) is 4.74 Å². The lowest BCUT2D eigenvalue weighted by molar-refractivity contribution is -0.151. The SMILES string of the molecule is CCCCC/C=C\C/C=C\CCCCCCCCCCCC(=O)OC(CCCCCCCCCC)CC(=O)NC(CO)C(O)CCCCCCCCCCCCCCC. The van der Waals surface area contributed by atoms with Crippen LogP contribution in [-0.4, -0.2) is 46.9 Å². The molecule has 6 nitrogen and oxygen atoms in total. The van der Waals surface area contributed by atoms with E-state index in [1.807, 2.05) is 0 Å². The molecule has 0 aromatic rings. The number of esters is 1. The van der Waals surface area contributed by atoms with Crippen molar-refractivity contribution in [3.8, 4) is 0 Å². The van der Waals surface area contributed by atoms with Crippen LogP contribution in [0.5, 0.6) is 0 Å². The van der Waals surface area contributed by atoms with E-state index in [2.05, 4.69) is 50.4 Å². The lowest BCUT2D eigenvalue weighted by atomic mass is 10.0. The predicted octanol–water partition coefficient (Wildman–Crippen LogP) is 15.5. The Morgan fingerprint density at radius 2 is 0.864 bits per heavy atom. The molecule has 0 aliphatic carbocycles.